The number of hydrogen-bond acceptors (Lipinski definition) is 4. The van der Waals surface area contributed by atoms with Gasteiger partial charge in [-0.3, -0.25) is 0 Å². The average molecular weight is 263 g/mol. The Kier molecular flexibility index (Phi) is 4.75. The van der Waals surface area contributed by atoms with Crippen molar-refractivity contribution in [3.8, 4) is 0 Å². The third kappa shape index (κ3) is 3.89. The molecule has 0 radical (unpaired) electrons. The normalized spacial score (nSPS) is 27.4. The zero-order valence-electron chi connectivity index (χ0n) is 10.0. The van der Waals surface area contributed by atoms with Gasteiger partial charge < -0.3 is 10.1 Å². The van der Waals surface area contributed by atoms with E-state index in [-0.39, 0.29) is 0 Å². The predicted molar refractivity (Wildman–Crippen MR) is 65.0 cm³/mol. The lowest BCUT2D eigenvalue weighted by atomic mass is 10.2. The first-order valence-corrected chi connectivity index (χ1v) is 7.68. The van der Waals surface area contributed by atoms with Crippen molar-refractivity contribution in [1.29, 1.82) is 0 Å². The highest BCUT2D eigenvalue weighted by atomic mass is 32.2. The topological polar surface area (TPSA) is 70.7 Å². The number of rotatable bonds is 5. The van der Waals surface area contributed by atoms with E-state index in [2.05, 4.69) is 10.0 Å². The predicted octanol–water partition coefficient (Wildman–Crippen LogP) is -0.705. The van der Waals surface area contributed by atoms with Gasteiger partial charge in [0, 0.05) is 25.7 Å². The van der Waals surface area contributed by atoms with Crippen LogP contribution in [0.5, 0.6) is 0 Å². The van der Waals surface area contributed by atoms with E-state index in [1.807, 2.05) is 0 Å². The Balaban J connectivity index is 1.72. The maximum absolute atomic E-state index is 11.9. The maximum Gasteiger partial charge on any atom is 0.279 e. The second-order valence-electron chi connectivity index (χ2n) is 4.49. The second kappa shape index (κ2) is 6.10. The van der Waals surface area contributed by atoms with Crippen LogP contribution < -0.4 is 10.0 Å². The fraction of sp³-hybridized carbons (Fsp3) is 1.00. The fourth-order valence-corrected chi connectivity index (χ4v) is 3.43. The molecule has 0 aromatic rings. The third-order valence-electron chi connectivity index (χ3n) is 3.25. The summed E-state index contributed by atoms with van der Waals surface area (Å²) in [5.74, 6) is 0. The van der Waals surface area contributed by atoms with Crippen LogP contribution in [0.3, 0.4) is 0 Å². The van der Waals surface area contributed by atoms with Crippen LogP contribution in [0.4, 0.5) is 0 Å². The van der Waals surface area contributed by atoms with E-state index < -0.39 is 10.2 Å². The molecule has 1 unspecified atom stereocenters. The van der Waals surface area contributed by atoms with Crippen molar-refractivity contribution < 1.29 is 13.2 Å². The minimum Gasteiger partial charge on any atom is -0.379 e. The molecule has 0 aromatic heterocycles. The Bertz CT molecular complexity index is 322. The quantitative estimate of drug-likeness (QED) is 0.688. The molecule has 2 aliphatic heterocycles. The van der Waals surface area contributed by atoms with Crippen LogP contribution >= 0.6 is 0 Å². The molecule has 0 saturated carbocycles. The summed E-state index contributed by atoms with van der Waals surface area (Å²) in [5, 5.41) is 3.35. The molecule has 100 valence electrons. The third-order valence-corrected chi connectivity index (χ3v) is 4.86. The number of ether oxygens (including phenoxy) is 1. The molecule has 2 saturated heterocycles. The molecule has 2 rings (SSSR count). The van der Waals surface area contributed by atoms with Gasteiger partial charge in [-0.05, 0) is 25.8 Å². The molecule has 0 amide bonds. The van der Waals surface area contributed by atoms with Crippen molar-refractivity contribution in [3.63, 3.8) is 0 Å². The molecule has 2 fully saturated rings. The van der Waals surface area contributed by atoms with Gasteiger partial charge in [-0.25, -0.2) is 4.72 Å². The van der Waals surface area contributed by atoms with Crippen molar-refractivity contribution in [3.05, 3.63) is 0 Å². The highest BCUT2D eigenvalue weighted by Gasteiger charge is 2.24. The summed E-state index contributed by atoms with van der Waals surface area (Å²) < 4.78 is 33.0. The first kappa shape index (κ1) is 13.2. The van der Waals surface area contributed by atoms with Gasteiger partial charge >= 0.3 is 0 Å². The van der Waals surface area contributed by atoms with Crippen LogP contribution in [0.2, 0.25) is 0 Å². The summed E-state index contributed by atoms with van der Waals surface area (Å²) in [5.41, 5.74) is 0. The lowest BCUT2D eigenvalue weighted by molar-refractivity contribution is 0.0725. The van der Waals surface area contributed by atoms with Gasteiger partial charge in [-0.1, -0.05) is 0 Å². The molecular weight excluding hydrogens is 242 g/mol. The molecule has 2 heterocycles. The maximum atomic E-state index is 11.9. The molecule has 0 aliphatic carbocycles. The van der Waals surface area contributed by atoms with Gasteiger partial charge in [0.05, 0.1) is 13.2 Å². The van der Waals surface area contributed by atoms with Crippen LogP contribution in [-0.4, -0.2) is 58.2 Å². The van der Waals surface area contributed by atoms with Gasteiger partial charge in [0.15, 0.2) is 0 Å². The molecule has 0 spiro atoms. The molecule has 0 bridgehead atoms. The summed E-state index contributed by atoms with van der Waals surface area (Å²) in [4.78, 5) is 0. The van der Waals surface area contributed by atoms with Crippen LogP contribution in [-0.2, 0) is 14.9 Å². The highest BCUT2D eigenvalue weighted by molar-refractivity contribution is 7.87. The Morgan fingerprint density at radius 2 is 2.12 bits per heavy atom. The van der Waals surface area contributed by atoms with Crippen molar-refractivity contribution in [1.82, 2.24) is 14.3 Å². The smallest absolute Gasteiger partial charge is 0.279 e. The molecule has 6 nitrogen and oxygen atoms in total. The van der Waals surface area contributed by atoms with Gasteiger partial charge in [-0.2, -0.15) is 12.7 Å². The first-order chi connectivity index (χ1) is 8.18. The van der Waals surface area contributed by atoms with E-state index in [1.54, 1.807) is 0 Å². The van der Waals surface area contributed by atoms with Crippen LogP contribution in [0, 0.1) is 0 Å². The zero-order chi connectivity index (χ0) is 12.1. The van der Waals surface area contributed by atoms with E-state index in [0.29, 0.717) is 38.9 Å². The SMILES string of the molecule is O=S(=O)(NCCC1CCCN1)N1CCOCC1. The van der Waals surface area contributed by atoms with Gasteiger partial charge in [0.1, 0.15) is 0 Å². The van der Waals surface area contributed by atoms with Crippen LogP contribution in [0.25, 0.3) is 0 Å². The summed E-state index contributed by atoms with van der Waals surface area (Å²) >= 11 is 0. The van der Waals surface area contributed by atoms with Gasteiger partial charge in [0.25, 0.3) is 10.2 Å². The number of hydrogen-bond donors (Lipinski definition) is 2. The van der Waals surface area contributed by atoms with Crippen molar-refractivity contribution in [2.24, 2.45) is 0 Å². The molecule has 1 atom stereocenters. The second-order valence-corrected chi connectivity index (χ2v) is 6.25. The van der Waals surface area contributed by atoms with Crippen molar-refractivity contribution >= 4 is 10.2 Å². The lowest BCUT2D eigenvalue weighted by Crippen LogP contribution is -2.47. The Hall–Kier alpha value is -0.210. The Morgan fingerprint density at radius 1 is 1.35 bits per heavy atom. The van der Waals surface area contributed by atoms with E-state index in [4.69, 9.17) is 4.74 Å². The molecule has 17 heavy (non-hydrogen) atoms. The average Bonchev–Trinajstić information content (AvgIpc) is 2.83. The fourth-order valence-electron chi connectivity index (χ4n) is 2.24. The Labute approximate surface area is 103 Å². The van der Waals surface area contributed by atoms with Gasteiger partial charge in [0.2, 0.25) is 0 Å². The minimum atomic E-state index is -3.30. The van der Waals surface area contributed by atoms with Crippen molar-refractivity contribution in [2.75, 3.05) is 39.4 Å². The monoisotopic (exact) mass is 263 g/mol. The number of nitrogens with one attached hydrogen (secondary N) is 2. The number of morpholine rings is 1. The van der Waals surface area contributed by atoms with E-state index in [0.717, 1.165) is 19.4 Å². The number of nitrogens with zero attached hydrogens (tertiary/aromatic N) is 1. The lowest BCUT2D eigenvalue weighted by Gasteiger charge is -2.26. The van der Waals surface area contributed by atoms with E-state index >= 15 is 0 Å². The molecule has 7 heteroatoms. The van der Waals surface area contributed by atoms with Gasteiger partial charge in [-0.15, -0.1) is 0 Å². The zero-order valence-corrected chi connectivity index (χ0v) is 10.8. The summed E-state index contributed by atoms with van der Waals surface area (Å²) in [6, 6.07) is 0.474. The summed E-state index contributed by atoms with van der Waals surface area (Å²) in [6.07, 6.45) is 3.21. The van der Waals surface area contributed by atoms with E-state index in [1.165, 1.54) is 10.7 Å². The summed E-state index contributed by atoms with van der Waals surface area (Å²) in [6.45, 7) is 3.46. The highest BCUT2D eigenvalue weighted by Crippen LogP contribution is 2.08. The molecule has 2 N–H and O–H groups in total. The standard InChI is InChI=1S/C10H21N3O3S/c14-17(15,13-6-8-16-9-7-13)12-5-3-10-2-1-4-11-10/h10-12H,1-9H2. The first-order valence-electron chi connectivity index (χ1n) is 6.24. The van der Waals surface area contributed by atoms with Crippen LogP contribution in [0.1, 0.15) is 19.3 Å². The molecular formula is C10H21N3O3S. The van der Waals surface area contributed by atoms with E-state index in [9.17, 15) is 8.42 Å². The van der Waals surface area contributed by atoms with Crippen molar-refractivity contribution in [2.45, 2.75) is 25.3 Å². The molecule has 2 aliphatic rings. The van der Waals surface area contributed by atoms with Crippen LogP contribution in [0.15, 0.2) is 0 Å². The Morgan fingerprint density at radius 3 is 2.76 bits per heavy atom. The minimum absolute atomic E-state index is 0.455. The molecule has 0 aromatic carbocycles. The largest absolute Gasteiger partial charge is 0.379 e. The summed E-state index contributed by atoms with van der Waals surface area (Å²) in [7, 11) is -3.30.